The van der Waals surface area contributed by atoms with Crippen LogP contribution in [-0.4, -0.2) is 36.3 Å². The molecule has 0 unspecified atom stereocenters. The van der Waals surface area contributed by atoms with Gasteiger partial charge in [0.05, 0.1) is 18.9 Å². The molecule has 5 rings (SSSR count). The Kier molecular flexibility index (Phi) is 7.62. The summed E-state index contributed by atoms with van der Waals surface area (Å²) < 4.78 is 25.2. The number of ether oxygens (including phenoxy) is 2. The molecular formula is C29H27FN6O2. The molecule has 0 amide bonds. The number of rotatable bonds is 8. The number of anilines is 5. The Hall–Kier alpha value is -4.68. The number of nitriles is 1. The van der Waals surface area contributed by atoms with Crippen LogP contribution in [0.15, 0.2) is 72.9 Å². The highest BCUT2D eigenvalue weighted by Crippen LogP contribution is 2.30. The van der Waals surface area contributed by atoms with Crippen LogP contribution in [0.2, 0.25) is 0 Å². The molecule has 1 aliphatic heterocycles. The number of benzene rings is 3. The summed E-state index contributed by atoms with van der Waals surface area (Å²) >= 11 is 0. The molecule has 3 aromatic carbocycles. The third kappa shape index (κ3) is 5.82. The molecule has 0 spiro atoms. The van der Waals surface area contributed by atoms with Crippen LogP contribution in [-0.2, 0) is 11.3 Å². The molecule has 1 saturated heterocycles. The summed E-state index contributed by atoms with van der Waals surface area (Å²) in [7, 11) is 0. The first-order valence-corrected chi connectivity index (χ1v) is 12.3. The van der Waals surface area contributed by atoms with Crippen LogP contribution < -0.4 is 20.3 Å². The molecule has 4 aromatic rings. The Morgan fingerprint density at radius 3 is 2.58 bits per heavy atom. The van der Waals surface area contributed by atoms with Gasteiger partial charge in [-0.25, -0.2) is 9.37 Å². The van der Waals surface area contributed by atoms with Crippen LogP contribution in [0.25, 0.3) is 0 Å². The molecule has 2 heterocycles. The normalized spacial score (nSPS) is 13.0. The molecule has 0 saturated carbocycles. The van der Waals surface area contributed by atoms with E-state index < -0.39 is 0 Å². The van der Waals surface area contributed by atoms with Gasteiger partial charge in [0, 0.05) is 41.8 Å². The van der Waals surface area contributed by atoms with Crippen molar-refractivity contribution in [3.8, 4) is 11.8 Å². The van der Waals surface area contributed by atoms with E-state index in [9.17, 15) is 9.65 Å². The van der Waals surface area contributed by atoms with Crippen LogP contribution >= 0.6 is 0 Å². The van der Waals surface area contributed by atoms with Gasteiger partial charge in [-0.3, -0.25) is 0 Å². The lowest BCUT2D eigenvalue weighted by Crippen LogP contribution is -2.36. The number of morpholine rings is 1. The van der Waals surface area contributed by atoms with E-state index in [4.69, 9.17) is 9.47 Å². The molecule has 0 radical (unpaired) electrons. The Morgan fingerprint density at radius 1 is 1.03 bits per heavy atom. The molecule has 0 bridgehead atoms. The lowest BCUT2D eigenvalue weighted by molar-refractivity contribution is 0.122. The van der Waals surface area contributed by atoms with Crippen molar-refractivity contribution in [1.82, 2.24) is 9.97 Å². The molecule has 2 N–H and O–H groups in total. The fourth-order valence-electron chi connectivity index (χ4n) is 4.10. The SMILES string of the molecule is Cc1cnc(Nc2ccc(N3CCOCC3)cc2)nc1Nc1cccc(OCc2ccccc2F)c1C#N. The quantitative estimate of drug-likeness (QED) is 0.312. The van der Waals surface area contributed by atoms with Crippen LogP contribution in [0.3, 0.4) is 0 Å². The first kappa shape index (κ1) is 25.0. The van der Waals surface area contributed by atoms with Crippen molar-refractivity contribution in [2.24, 2.45) is 0 Å². The molecular weight excluding hydrogens is 483 g/mol. The van der Waals surface area contributed by atoms with Gasteiger partial charge in [-0.15, -0.1) is 0 Å². The molecule has 38 heavy (non-hydrogen) atoms. The monoisotopic (exact) mass is 510 g/mol. The number of halogens is 1. The highest BCUT2D eigenvalue weighted by Gasteiger charge is 2.14. The minimum atomic E-state index is -0.354. The summed E-state index contributed by atoms with van der Waals surface area (Å²) in [5.74, 6) is 0.969. The summed E-state index contributed by atoms with van der Waals surface area (Å²) in [5.41, 5.74) is 4.05. The standard InChI is InChI=1S/C29H27FN6O2/c1-20-18-32-29(33-22-9-11-23(12-10-22)36-13-15-37-16-14-36)35-28(20)34-26-7-4-8-27(24(26)17-31)38-19-21-5-2-3-6-25(21)30/h2-12,18H,13-16,19H2,1H3,(H2,32,33,34,35). The minimum Gasteiger partial charge on any atom is -0.487 e. The fraction of sp³-hybridized carbons (Fsp3) is 0.207. The first-order chi connectivity index (χ1) is 18.6. The average Bonchev–Trinajstić information content (AvgIpc) is 2.95. The molecule has 0 atom stereocenters. The minimum absolute atomic E-state index is 0.00966. The Balaban J connectivity index is 1.31. The Morgan fingerprint density at radius 2 is 1.82 bits per heavy atom. The molecule has 192 valence electrons. The van der Waals surface area contributed by atoms with Gasteiger partial charge in [0.2, 0.25) is 5.95 Å². The van der Waals surface area contributed by atoms with Crippen molar-refractivity contribution in [1.29, 1.82) is 5.26 Å². The highest BCUT2D eigenvalue weighted by molar-refractivity contribution is 5.70. The van der Waals surface area contributed by atoms with Gasteiger partial charge in [0.25, 0.3) is 0 Å². The average molecular weight is 511 g/mol. The smallest absolute Gasteiger partial charge is 0.229 e. The zero-order chi connectivity index (χ0) is 26.3. The van der Waals surface area contributed by atoms with Gasteiger partial charge >= 0.3 is 0 Å². The van der Waals surface area contributed by atoms with Crippen molar-refractivity contribution in [2.75, 3.05) is 41.8 Å². The summed E-state index contributed by atoms with van der Waals surface area (Å²) in [4.78, 5) is 11.3. The van der Waals surface area contributed by atoms with Crippen molar-refractivity contribution in [3.05, 3.63) is 95.4 Å². The van der Waals surface area contributed by atoms with Crippen LogP contribution in [0.4, 0.5) is 33.2 Å². The van der Waals surface area contributed by atoms with Gasteiger partial charge in [0.1, 0.15) is 35.6 Å². The molecule has 1 aliphatic rings. The second-order valence-electron chi connectivity index (χ2n) is 8.79. The van der Waals surface area contributed by atoms with E-state index in [1.54, 1.807) is 42.6 Å². The van der Waals surface area contributed by atoms with Gasteiger partial charge in [-0.1, -0.05) is 24.3 Å². The molecule has 1 aromatic heterocycles. The molecule has 0 aliphatic carbocycles. The summed E-state index contributed by atoms with van der Waals surface area (Å²) in [6.45, 7) is 5.12. The summed E-state index contributed by atoms with van der Waals surface area (Å²) in [6, 6.07) is 21.9. The number of aromatic nitrogens is 2. The van der Waals surface area contributed by atoms with E-state index in [-0.39, 0.29) is 12.4 Å². The van der Waals surface area contributed by atoms with Crippen molar-refractivity contribution in [3.63, 3.8) is 0 Å². The number of nitrogens with one attached hydrogen (secondary N) is 2. The van der Waals surface area contributed by atoms with Crippen LogP contribution in [0.1, 0.15) is 16.7 Å². The highest BCUT2D eigenvalue weighted by atomic mass is 19.1. The third-order valence-electron chi connectivity index (χ3n) is 6.20. The lowest BCUT2D eigenvalue weighted by Gasteiger charge is -2.28. The van der Waals surface area contributed by atoms with Crippen molar-refractivity contribution < 1.29 is 13.9 Å². The Bertz CT molecular complexity index is 1450. The maximum atomic E-state index is 14.0. The zero-order valence-electron chi connectivity index (χ0n) is 20.9. The zero-order valence-corrected chi connectivity index (χ0v) is 20.9. The van der Waals surface area contributed by atoms with E-state index in [1.807, 2.05) is 19.1 Å². The molecule has 8 nitrogen and oxygen atoms in total. The van der Waals surface area contributed by atoms with Crippen LogP contribution in [0, 0.1) is 24.1 Å². The van der Waals surface area contributed by atoms with E-state index in [0.29, 0.717) is 34.3 Å². The predicted octanol–water partition coefficient (Wildman–Crippen LogP) is 5.70. The van der Waals surface area contributed by atoms with E-state index in [2.05, 4.69) is 43.7 Å². The second-order valence-corrected chi connectivity index (χ2v) is 8.79. The van der Waals surface area contributed by atoms with Crippen molar-refractivity contribution in [2.45, 2.75) is 13.5 Å². The van der Waals surface area contributed by atoms with Crippen LogP contribution in [0.5, 0.6) is 5.75 Å². The largest absolute Gasteiger partial charge is 0.487 e. The maximum Gasteiger partial charge on any atom is 0.229 e. The molecule has 1 fully saturated rings. The third-order valence-corrected chi connectivity index (χ3v) is 6.20. The number of aryl methyl sites for hydroxylation is 1. The van der Waals surface area contributed by atoms with Gasteiger partial charge in [-0.05, 0) is 49.4 Å². The second kappa shape index (κ2) is 11.6. The van der Waals surface area contributed by atoms with E-state index in [1.165, 1.54) is 6.07 Å². The number of nitrogens with zero attached hydrogens (tertiary/aromatic N) is 4. The summed E-state index contributed by atoms with van der Waals surface area (Å²) in [6.07, 6.45) is 1.71. The van der Waals surface area contributed by atoms with Gasteiger partial charge in [0.15, 0.2) is 0 Å². The van der Waals surface area contributed by atoms with E-state index >= 15 is 0 Å². The number of hydrogen-bond acceptors (Lipinski definition) is 8. The molecule has 9 heteroatoms. The lowest BCUT2D eigenvalue weighted by atomic mass is 10.1. The van der Waals surface area contributed by atoms with Gasteiger partial charge < -0.3 is 25.0 Å². The predicted molar refractivity (Wildman–Crippen MR) is 145 cm³/mol. The van der Waals surface area contributed by atoms with Gasteiger partial charge in [-0.2, -0.15) is 10.2 Å². The fourth-order valence-corrected chi connectivity index (χ4v) is 4.10. The van der Waals surface area contributed by atoms with Crippen molar-refractivity contribution >= 4 is 28.8 Å². The van der Waals surface area contributed by atoms with E-state index in [0.717, 1.165) is 43.2 Å². The first-order valence-electron chi connectivity index (χ1n) is 12.3. The maximum absolute atomic E-state index is 14.0. The Labute approximate surface area is 220 Å². The topological polar surface area (TPSA) is 95.3 Å². The number of hydrogen-bond donors (Lipinski definition) is 2. The summed E-state index contributed by atoms with van der Waals surface area (Å²) in [5, 5.41) is 16.3.